The summed E-state index contributed by atoms with van der Waals surface area (Å²) in [6, 6.07) is 24.3. The van der Waals surface area contributed by atoms with Gasteiger partial charge in [0.15, 0.2) is 6.10 Å². The summed E-state index contributed by atoms with van der Waals surface area (Å²) >= 11 is 0. The Morgan fingerprint density at radius 1 is 0.944 bits per heavy atom. The minimum Gasteiger partial charge on any atom is -0.489 e. The smallest absolute Gasteiger partial charge is 0.339 e. The molecular formula is C30H25NO5. The average Bonchev–Trinajstić information content (AvgIpc) is 2.91. The van der Waals surface area contributed by atoms with Gasteiger partial charge in [0.25, 0.3) is 5.69 Å². The number of benzene rings is 3. The lowest BCUT2D eigenvalue weighted by molar-refractivity contribution is -0.384. The summed E-state index contributed by atoms with van der Waals surface area (Å²) in [4.78, 5) is 22.9. The third-order valence-electron chi connectivity index (χ3n) is 4.89. The Hall–Kier alpha value is -4.81. The number of hydrogen-bond donors (Lipinski definition) is 0. The molecule has 0 N–H and O–H groups in total. The number of carbonyl (C=O) groups excluding carboxylic acids is 1. The standard InChI is InChI=1S/C30H25NO5/c1-24(23-35-28-15-6-3-7-16-28)11-10-18-29(17-9-8-14-25-12-4-2-5-13-25)36-30(32)26-19-21-27(22-20-26)31(33)34/h2-7,12-13,15-16,19-22,29H,1,9,11,17,23H2. The van der Waals surface area contributed by atoms with Crippen molar-refractivity contribution in [3.05, 3.63) is 118 Å². The van der Waals surface area contributed by atoms with E-state index in [1.165, 1.54) is 24.3 Å². The Balaban J connectivity index is 1.61. The number of ether oxygens (including phenoxy) is 2. The van der Waals surface area contributed by atoms with Crippen LogP contribution < -0.4 is 4.74 Å². The number of nitrogens with zero attached hydrogens (tertiary/aromatic N) is 1. The monoisotopic (exact) mass is 479 g/mol. The maximum atomic E-state index is 12.6. The van der Waals surface area contributed by atoms with E-state index in [-0.39, 0.29) is 11.3 Å². The van der Waals surface area contributed by atoms with Crippen LogP contribution in [0.4, 0.5) is 5.69 Å². The van der Waals surface area contributed by atoms with Crippen LogP contribution in [0.1, 0.15) is 35.2 Å². The topological polar surface area (TPSA) is 78.7 Å². The molecule has 0 fully saturated rings. The molecule has 0 aliphatic heterocycles. The van der Waals surface area contributed by atoms with Crippen molar-refractivity contribution in [3.8, 4) is 29.4 Å². The SMILES string of the molecule is C=C(CC#CC(CCC#Cc1ccccc1)OC(=O)c1ccc([N+](=O)[O-])cc1)COc1ccccc1. The Kier molecular flexibility index (Phi) is 9.89. The van der Waals surface area contributed by atoms with Gasteiger partial charge in [-0.05, 0) is 42.0 Å². The summed E-state index contributed by atoms with van der Waals surface area (Å²) in [6.45, 7) is 4.32. The predicted octanol–water partition coefficient (Wildman–Crippen LogP) is 5.98. The van der Waals surface area contributed by atoms with Crippen molar-refractivity contribution in [3.63, 3.8) is 0 Å². The minimum absolute atomic E-state index is 0.102. The quantitative estimate of drug-likeness (QED) is 0.124. The fourth-order valence-electron chi connectivity index (χ4n) is 3.01. The zero-order valence-corrected chi connectivity index (χ0v) is 19.7. The highest BCUT2D eigenvalue weighted by Gasteiger charge is 2.15. The fourth-order valence-corrected chi connectivity index (χ4v) is 3.01. The molecule has 0 aromatic heterocycles. The molecule has 0 heterocycles. The first-order chi connectivity index (χ1) is 17.5. The maximum Gasteiger partial charge on any atom is 0.339 e. The van der Waals surface area contributed by atoms with Crippen LogP contribution >= 0.6 is 0 Å². The maximum absolute atomic E-state index is 12.6. The molecule has 3 rings (SSSR count). The molecule has 0 saturated heterocycles. The molecule has 3 aromatic carbocycles. The third-order valence-corrected chi connectivity index (χ3v) is 4.89. The van der Waals surface area contributed by atoms with Gasteiger partial charge in [-0.3, -0.25) is 10.1 Å². The molecule has 0 bridgehead atoms. The molecule has 0 aliphatic rings. The molecule has 6 heteroatoms. The molecule has 3 aromatic rings. The van der Waals surface area contributed by atoms with E-state index in [0.717, 1.165) is 16.9 Å². The van der Waals surface area contributed by atoms with Gasteiger partial charge in [0.2, 0.25) is 0 Å². The zero-order chi connectivity index (χ0) is 25.6. The van der Waals surface area contributed by atoms with Crippen LogP contribution in [0, 0.1) is 33.8 Å². The van der Waals surface area contributed by atoms with Gasteiger partial charge in [-0.15, -0.1) is 0 Å². The number of esters is 1. The van der Waals surface area contributed by atoms with Crippen molar-refractivity contribution < 1.29 is 19.2 Å². The largest absolute Gasteiger partial charge is 0.489 e. The van der Waals surface area contributed by atoms with E-state index in [2.05, 4.69) is 30.3 Å². The first-order valence-electron chi connectivity index (χ1n) is 11.3. The van der Waals surface area contributed by atoms with E-state index in [4.69, 9.17) is 9.47 Å². The second-order valence-corrected chi connectivity index (χ2v) is 7.75. The van der Waals surface area contributed by atoms with E-state index in [1.807, 2.05) is 60.7 Å². The summed E-state index contributed by atoms with van der Waals surface area (Å²) in [5.41, 5.74) is 1.80. The second kappa shape index (κ2) is 13.8. The van der Waals surface area contributed by atoms with Crippen LogP contribution in [-0.4, -0.2) is 23.6 Å². The highest BCUT2D eigenvalue weighted by molar-refractivity contribution is 5.89. The minimum atomic E-state index is -0.694. The predicted molar refractivity (Wildman–Crippen MR) is 138 cm³/mol. The summed E-state index contributed by atoms with van der Waals surface area (Å²) < 4.78 is 11.3. The summed E-state index contributed by atoms with van der Waals surface area (Å²) in [7, 11) is 0. The molecule has 6 nitrogen and oxygen atoms in total. The fraction of sp³-hybridized carbons (Fsp3) is 0.167. The van der Waals surface area contributed by atoms with E-state index in [1.54, 1.807) is 0 Å². The van der Waals surface area contributed by atoms with Gasteiger partial charge in [0.1, 0.15) is 12.4 Å². The van der Waals surface area contributed by atoms with Crippen LogP contribution in [0.2, 0.25) is 0 Å². The molecule has 0 amide bonds. The normalized spacial score (nSPS) is 10.6. The lowest BCUT2D eigenvalue weighted by Gasteiger charge is -2.11. The first-order valence-corrected chi connectivity index (χ1v) is 11.3. The molecule has 1 unspecified atom stereocenters. The number of nitro benzene ring substituents is 1. The van der Waals surface area contributed by atoms with Crippen molar-refractivity contribution >= 4 is 11.7 Å². The van der Waals surface area contributed by atoms with Gasteiger partial charge in [-0.1, -0.05) is 66.7 Å². The summed E-state index contributed by atoms with van der Waals surface area (Å²) in [6.07, 6.45) is 0.576. The van der Waals surface area contributed by atoms with Gasteiger partial charge in [0.05, 0.1) is 10.5 Å². The Morgan fingerprint density at radius 3 is 2.28 bits per heavy atom. The number of nitro groups is 1. The number of para-hydroxylation sites is 1. The summed E-state index contributed by atoms with van der Waals surface area (Å²) in [5.74, 6) is 12.3. The van der Waals surface area contributed by atoms with Gasteiger partial charge >= 0.3 is 5.97 Å². The highest BCUT2D eigenvalue weighted by Crippen LogP contribution is 2.15. The molecule has 1 atom stereocenters. The molecule has 0 saturated carbocycles. The Morgan fingerprint density at radius 2 is 1.61 bits per heavy atom. The summed E-state index contributed by atoms with van der Waals surface area (Å²) in [5, 5.41) is 10.9. The number of rotatable bonds is 9. The highest BCUT2D eigenvalue weighted by atomic mass is 16.6. The van der Waals surface area contributed by atoms with Crippen LogP contribution in [0.3, 0.4) is 0 Å². The van der Waals surface area contributed by atoms with E-state index < -0.39 is 17.0 Å². The van der Waals surface area contributed by atoms with Gasteiger partial charge in [0, 0.05) is 37.0 Å². The van der Waals surface area contributed by atoms with Crippen molar-refractivity contribution in [2.24, 2.45) is 0 Å². The Bertz CT molecular complexity index is 1290. The van der Waals surface area contributed by atoms with Crippen LogP contribution in [0.5, 0.6) is 5.75 Å². The molecule has 0 spiro atoms. The second-order valence-electron chi connectivity index (χ2n) is 7.75. The van der Waals surface area contributed by atoms with Crippen LogP contribution in [-0.2, 0) is 4.74 Å². The average molecular weight is 480 g/mol. The molecule has 180 valence electrons. The van der Waals surface area contributed by atoms with Gasteiger partial charge in [-0.2, -0.15) is 0 Å². The van der Waals surface area contributed by atoms with E-state index in [0.29, 0.717) is 25.9 Å². The van der Waals surface area contributed by atoms with Crippen LogP contribution in [0.25, 0.3) is 0 Å². The van der Waals surface area contributed by atoms with E-state index in [9.17, 15) is 14.9 Å². The van der Waals surface area contributed by atoms with Gasteiger partial charge in [-0.25, -0.2) is 4.79 Å². The molecule has 0 aliphatic carbocycles. The van der Waals surface area contributed by atoms with Crippen molar-refractivity contribution in [2.75, 3.05) is 6.61 Å². The Labute approximate surface area is 210 Å². The molecule has 0 radical (unpaired) electrons. The zero-order valence-electron chi connectivity index (χ0n) is 19.7. The lowest BCUT2D eigenvalue weighted by atomic mass is 10.1. The number of hydrogen-bond acceptors (Lipinski definition) is 5. The third kappa shape index (κ3) is 8.85. The van der Waals surface area contributed by atoms with Crippen LogP contribution in [0.15, 0.2) is 97.1 Å². The van der Waals surface area contributed by atoms with Gasteiger partial charge < -0.3 is 9.47 Å². The molecule has 36 heavy (non-hydrogen) atoms. The number of non-ortho nitro benzene ring substituents is 1. The van der Waals surface area contributed by atoms with Crippen molar-refractivity contribution in [1.82, 2.24) is 0 Å². The first kappa shape index (κ1) is 25.8. The van der Waals surface area contributed by atoms with Crippen molar-refractivity contribution in [1.29, 1.82) is 0 Å². The van der Waals surface area contributed by atoms with E-state index >= 15 is 0 Å². The molecular weight excluding hydrogens is 454 g/mol. The van der Waals surface area contributed by atoms with Crippen molar-refractivity contribution in [2.45, 2.75) is 25.4 Å². The lowest BCUT2D eigenvalue weighted by Crippen LogP contribution is -2.17. The number of carbonyl (C=O) groups is 1.